The molecule has 0 aliphatic carbocycles. The van der Waals surface area contributed by atoms with Gasteiger partial charge < -0.3 is 5.73 Å². The summed E-state index contributed by atoms with van der Waals surface area (Å²) in [6.07, 6.45) is 0. The van der Waals surface area contributed by atoms with Crippen molar-refractivity contribution in [2.75, 3.05) is 6.54 Å². The van der Waals surface area contributed by atoms with Gasteiger partial charge in [0.2, 0.25) is 0 Å². The van der Waals surface area contributed by atoms with Gasteiger partial charge >= 0.3 is 0 Å². The van der Waals surface area contributed by atoms with Crippen LogP contribution in [0.5, 0.6) is 0 Å². The summed E-state index contributed by atoms with van der Waals surface area (Å²) in [4.78, 5) is 0. The van der Waals surface area contributed by atoms with Crippen LogP contribution < -0.4 is 5.73 Å². The van der Waals surface area contributed by atoms with Gasteiger partial charge in [0.15, 0.2) is 0 Å². The minimum Gasteiger partial charge on any atom is -0.357 e. The van der Waals surface area contributed by atoms with Crippen molar-refractivity contribution in [1.82, 2.24) is 0 Å². The fraction of sp³-hybridized carbons (Fsp3) is 0.400. The molecule has 0 saturated heterocycles. The van der Waals surface area contributed by atoms with Gasteiger partial charge in [0.1, 0.15) is 0 Å². The van der Waals surface area contributed by atoms with Gasteiger partial charge in [0.25, 0.3) is 0 Å². The lowest BCUT2D eigenvalue weighted by Crippen LogP contribution is -2.54. The van der Waals surface area contributed by atoms with Gasteiger partial charge in [-0.3, -0.25) is 0 Å². The third kappa shape index (κ3) is 3.28. The predicted octanol–water partition coefficient (Wildman–Crippen LogP) is 1.55. The fourth-order valence-electron chi connectivity index (χ4n) is 0.896. The van der Waals surface area contributed by atoms with E-state index in [0.717, 1.165) is 12.3 Å². The molecule has 0 amide bonds. The van der Waals surface area contributed by atoms with Gasteiger partial charge in [-0.25, -0.2) is 0 Å². The minimum atomic E-state index is 0.671. The smallest absolute Gasteiger partial charge is 0.0857 e. The topological polar surface area (TPSA) is 27.6 Å². The van der Waals surface area contributed by atoms with Crippen molar-refractivity contribution in [1.29, 1.82) is 0 Å². The Labute approximate surface area is 78.4 Å². The molecule has 0 radical (unpaired) electrons. The second-order valence-electron chi connectivity index (χ2n) is 2.90. The van der Waals surface area contributed by atoms with Crippen LogP contribution >= 0.6 is 11.8 Å². The summed E-state index contributed by atoms with van der Waals surface area (Å²) in [5, 5.41) is 0.671. The number of quaternary nitrogens is 1. The molecule has 1 aromatic rings. The summed E-state index contributed by atoms with van der Waals surface area (Å²) in [5.41, 5.74) is 5.28. The first-order chi connectivity index (χ1) is 5.83. The van der Waals surface area contributed by atoms with Crippen LogP contribution in [0.1, 0.15) is 12.5 Å². The Balaban J connectivity index is 2.33. The predicted molar refractivity (Wildman–Crippen MR) is 55.0 cm³/mol. The van der Waals surface area contributed by atoms with E-state index in [4.69, 9.17) is 0 Å². The quantitative estimate of drug-likeness (QED) is 0.751. The summed E-state index contributed by atoms with van der Waals surface area (Å²) < 4.78 is 0. The largest absolute Gasteiger partial charge is 0.357 e. The highest BCUT2D eigenvalue weighted by molar-refractivity contribution is 7.99. The Hall–Kier alpha value is -0.470. The Morgan fingerprint density at radius 3 is 2.58 bits per heavy atom. The van der Waals surface area contributed by atoms with Gasteiger partial charge in [-0.1, -0.05) is 30.3 Å². The molecule has 12 heavy (non-hydrogen) atoms. The van der Waals surface area contributed by atoms with Crippen molar-refractivity contribution >= 4 is 11.8 Å². The van der Waals surface area contributed by atoms with E-state index in [9.17, 15) is 0 Å². The summed E-state index contributed by atoms with van der Waals surface area (Å²) in [6, 6.07) is 10.6. The Morgan fingerprint density at radius 2 is 2.00 bits per heavy atom. The van der Waals surface area contributed by atoms with Crippen molar-refractivity contribution in [3.05, 3.63) is 35.9 Å². The lowest BCUT2D eigenvalue weighted by molar-refractivity contribution is -0.365. The average Bonchev–Trinajstić information content (AvgIpc) is 2.16. The molecule has 1 unspecified atom stereocenters. The minimum absolute atomic E-state index is 0.671. The van der Waals surface area contributed by atoms with Gasteiger partial charge in [-0.05, 0) is 12.5 Å². The zero-order chi connectivity index (χ0) is 8.81. The van der Waals surface area contributed by atoms with E-state index < -0.39 is 0 Å². The van der Waals surface area contributed by atoms with Crippen LogP contribution in [0.2, 0.25) is 0 Å². The maximum Gasteiger partial charge on any atom is 0.0857 e. The lowest BCUT2D eigenvalue weighted by Gasteiger charge is -2.05. The Bertz CT molecular complexity index is 210. The highest BCUT2D eigenvalue weighted by atomic mass is 32.2. The molecular weight excluding hydrogens is 166 g/mol. The number of hydrogen-bond acceptors (Lipinski definition) is 1. The molecule has 1 nitrogen and oxygen atoms in total. The maximum atomic E-state index is 3.88. The molecule has 1 aromatic carbocycles. The zero-order valence-electron chi connectivity index (χ0n) is 7.49. The highest BCUT2D eigenvalue weighted by Crippen LogP contribution is 2.15. The van der Waals surface area contributed by atoms with Gasteiger partial charge in [0, 0.05) is 5.75 Å². The first-order valence-corrected chi connectivity index (χ1v) is 5.32. The third-order valence-electron chi connectivity index (χ3n) is 1.78. The third-order valence-corrected chi connectivity index (χ3v) is 3.09. The van der Waals surface area contributed by atoms with Crippen LogP contribution in [-0.2, 0) is 5.75 Å². The standard InChI is InChI=1S/C10H15NS/c1-9(7-11)12-8-10-5-3-2-4-6-10/h2-6,9H,7-8,11H2,1H3/p+1. The van der Waals surface area contributed by atoms with E-state index in [1.54, 1.807) is 0 Å². The molecule has 1 atom stereocenters. The Morgan fingerprint density at radius 1 is 1.33 bits per heavy atom. The van der Waals surface area contributed by atoms with E-state index in [1.807, 2.05) is 11.8 Å². The second kappa shape index (κ2) is 5.22. The van der Waals surface area contributed by atoms with Crippen molar-refractivity contribution in [2.45, 2.75) is 17.9 Å². The number of benzene rings is 1. The molecule has 66 valence electrons. The Kier molecular flexibility index (Phi) is 4.19. The summed E-state index contributed by atoms with van der Waals surface area (Å²) in [5.74, 6) is 1.11. The molecular formula is C10H16NS+. The SMILES string of the molecule is CC(C[NH3+])SCc1ccccc1. The van der Waals surface area contributed by atoms with Crippen LogP contribution in [0.4, 0.5) is 0 Å². The zero-order valence-corrected chi connectivity index (χ0v) is 8.31. The summed E-state index contributed by atoms with van der Waals surface area (Å²) in [6.45, 7) is 3.23. The molecule has 0 aromatic heterocycles. The van der Waals surface area contributed by atoms with E-state index in [1.165, 1.54) is 5.56 Å². The van der Waals surface area contributed by atoms with Crippen LogP contribution in [0, 0.1) is 0 Å². The van der Waals surface area contributed by atoms with Crippen molar-refractivity contribution in [2.24, 2.45) is 0 Å². The molecule has 0 bridgehead atoms. The molecule has 0 fully saturated rings. The number of hydrogen-bond donors (Lipinski definition) is 1. The van der Waals surface area contributed by atoms with Crippen molar-refractivity contribution < 1.29 is 5.73 Å². The number of rotatable bonds is 4. The maximum absolute atomic E-state index is 3.88. The fourth-order valence-corrected chi connectivity index (χ4v) is 1.73. The van der Waals surface area contributed by atoms with E-state index in [2.05, 4.69) is 43.0 Å². The molecule has 0 aliphatic rings. The normalized spacial score (nSPS) is 12.8. The average molecular weight is 182 g/mol. The summed E-state index contributed by atoms with van der Waals surface area (Å²) in [7, 11) is 0. The molecule has 0 spiro atoms. The van der Waals surface area contributed by atoms with Gasteiger partial charge in [-0.15, -0.1) is 11.8 Å². The highest BCUT2D eigenvalue weighted by Gasteiger charge is 2.00. The number of thioether (sulfide) groups is 1. The molecule has 2 heteroatoms. The van der Waals surface area contributed by atoms with Crippen molar-refractivity contribution in [3.63, 3.8) is 0 Å². The van der Waals surface area contributed by atoms with Gasteiger partial charge in [0.05, 0.1) is 11.8 Å². The van der Waals surface area contributed by atoms with E-state index in [-0.39, 0.29) is 0 Å². The van der Waals surface area contributed by atoms with Gasteiger partial charge in [-0.2, -0.15) is 0 Å². The monoisotopic (exact) mass is 182 g/mol. The van der Waals surface area contributed by atoms with E-state index >= 15 is 0 Å². The van der Waals surface area contributed by atoms with Crippen LogP contribution in [-0.4, -0.2) is 11.8 Å². The molecule has 0 heterocycles. The van der Waals surface area contributed by atoms with Crippen LogP contribution in [0.15, 0.2) is 30.3 Å². The molecule has 0 saturated carbocycles. The molecule has 3 N–H and O–H groups in total. The van der Waals surface area contributed by atoms with Crippen molar-refractivity contribution in [3.8, 4) is 0 Å². The van der Waals surface area contributed by atoms with Crippen LogP contribution in [0.25, 0.3) is 0 Å². The molecule has 1 rings (SSSR count). The second-order valence-corrected chi connectivity index (χ2v) is 4.32. The first-order valence-electron chi connectivity index (χ1n) is 4.27. The molecule has 0 aliphatic heterocycles. The van der Waals surface area contributed by atoms with E-state index in [0.29, 0.717) is 5.25 Å². The summed E-state index contributed by atoms with van der Waals surface area (Å²) >= 11 is 1.97. The van der Waals surface area contributed by atoms with Crippen LogP contribution in [0.3, 0.4) is 0 Å². The first kappa shape index (κ1) is 9.62. The lowest BCUT2D eigenvalue weighted by atomic mass is 10.2.